The highest BCUT2D eigenvalue weighted by molar-refractivity contribution is 6.25. The largest absolute Gasteiger partial charge is 0.366 e. The first-order chi connectivity index (χ1) is 13.1. The van der Waals surface area contributed by atoms with Crippen molar-refractivity contribution in [1.82, 2.24) is 9.80 Å². The van der Waals surface area contributed by atoms with Gasteiger partial charge in [-0.2, -0.15) is 0 Å². The SMILES string of the molecule is NC(=O)c1cccc2c1C(=O)N(C1CCN(Cc3ccccc3)CC1)C2=O. The van der Waals surface area contributed by atoms with Gasteiger partial charge in [0.25, 0.3) is 11.8 Å². The van der Waals surface area contributed by atoms with Crippen molar-refractivity contribution in [3.05, 3.63) is 70.8 Å². The van der Waals surface area contributed by atoms with Gasteiger partial charge in [-0.3, -0.25) is 24.2 Å². The molecule has 0 bridgehead atoms. The Morgan fingerprint density at radius 2 is 1.67 bits per heavy atom. The van der Waals surface area contributed by atoms with Crippen LogP contribution in [0.2, 0.25) is 0 Å². The lowest BCUT2D eigenvalue weighted by atomic mass is 10.0. The van der Waals surface area contributed by atoms with E-state index in [1.807, 2.05) is 18.2 Å². The third kappa shape index (κ3) is 3.13. The lowest BCUT2D eigenvalue weighted by molar-refractivity contribution is 0.0496. The quantitative estimate of drug-likeness (QED) is 0.843. The summed E-state index contributed by atoms with van der Waals surface area (Å²) in [5.41, 5.74) is 7.19. The molecule has 2 aromatic carbocycles. The van der Waals surface area contributed by atoms with E-state index in [4.69, 9.17) is 5.73 Å². The van der Waals surface area contributed by atoms with Gasteiger partial charge in [0.2, 0.25) is 5.91 Å². The van der Waals surface area contributed by atoms with Crippen molar-refractivity contribution in [1.29, 1.82) is 0 Å². The molecule has 2 aromatic rings. The normalized spacial score (nSPS) is 18.0. The van der Waals surface area contributed by atoms with E-state index in [2.05, 4.69) is 17.0 Å². The average molecular weight is 363 g/mol. The number of nitrogens with zero attached hydrogens (tertiary/aromatic N) is 2. The minimum atomic E-state index is -0.687. The zero-order valence-electron chi connectivity index (χ0n) is 14.9. The van der Waals surface area contributed by atoms with Crippen molar-refractivity contribution < 1.29 is 14.4 Å². The van der Waals surface area contributed by atoms with Crippen molar-refractivity contribution in [2.24, 2.45) is 5.73 Å². The van der Waals surface area contributed by atoms with Gasteiger partial charge < -0.3 is 5.73 Å². The number of benzene rings is 2. The highest BCUT2D eigenvalue weighted by Crippen LogP contribution is 2.30. The molecule has 0 radical (unpaired) electrons. The average Bonchev–Trinajstić information content (AvgIpc) is 2.94. The maximum atomic E-state index is 12.9. The molecule has 27 heavy (non-hydrogen) atoms. The molecule has 0 saturated carbocycles. The van der Waals surface area contributed by atoms with Crippen LogP contribution in [-0.4, -0.2) is 46.7 Å². The van der Waals surface area contributed by atoms with Gasteiger partial charge in [0.1, 0.15) is 0 Å². The van der Waals surface area contributed by atoms with Crippen LogP contribution in [0.5, 0.6) is 0 Å². The highest BCUT2D eigenvalue weighted by atomic mass is 16.2. The molecule has 1 fully saturated rings. The van der Waals surface area contributed by atoms with Crippen LogP contribution < -0.4 is 5.73 Å². The zero-order valence-corrected chi connectivity index (χ0v) is 14.9. The maximum Gasteiger partial charge on any atom is 0.262 e. The van der Waals surface area contributed by atoms with Gasteiger partial charge >= 0.3 is 0 Å². The second kappa shape index (κ2) is 6.96. The van der Waals surface area contributed by atoms with Gasteiger partial charge in [0.05, 0.1) is 16.7 Å². The van der Waals surface area contributed by atoms with Crippen LogP contribution in [0.25, 0.3) is 0 Å². The number of primary amides is 1. The molecular weight excluding hydrogens is 342 g/mol. The Hall–Kier alpha value is -2.99. The Morgan fingerprint density at radius 1 is 0.963 bits per heavy atom. The first-order valence-corrected chi connectivity index (χ1v) is 9.13. The van der Waals surface area contributed by atoms with Gasteiger partial charge in [-0.15, -0.1) is 0 Å². The van der Waals surface area contributed by atoms with E-state index in [-0.39, 0.29) is 28.6 Å². The number of carbonyl (C=O) groups excluding carboxylic acids is 3. The van der Waals surface area contributed by atoms with E-state index in [1.54, 1.807) is 12.1 Å². The van der Waals surface area contributed by atoms with E-state index in [0.717, 1.165) is 32.5 Å². The highest BCUT2D eigenvalue weighted by Gasteiger charge is 2.42. The third-order valence-electron chi connectivity index (χ3n) is 5.38. The Labute approximate surface area is 157 Å². The maximum absolute atomic E-state index is 12.9. The predicted octanol–water partition coefficient (Wildman–Crippen LogP) is 2.05. The summed E-state index contributed by atoms with van der Waals surface area (Å²) in [6.07, 6.45) is 1.45. The van der Waals surface area contributed by atoms with Gasteiger partial charge in [0.15, 0.2) is 0 Å². The number of amides is 3. The number of nitrogens with two attached hydrogens (primary N) is 1. The summed E-state index contributed by atoms with van der Waals surface area (Å²) in [5.74, 6) is -1.40. The van der Waals surface area contributed by atoms with Crippen molar-refractivity contribution >= 4 is 17.7 Å². The fraction of sp³-hybridized carbons (Fsp3) is 0.286. The molecule has 6 nitrogen and oxygen atoms in total. The molecule has 2 heterocycles. The molecule has 0 spiro atoms. The molecule has 4 rings (SSSR count). The number of likely N-dealkylation sites (tertiary alicyclic amines) is 1. The summed E-state index contributed by atoms with van der Waals surface area (Å²) in [7, 11) is 0. The standard InChI is InChI=1S/C21H21N3O3/c22-19(25)16-7-4-8-17-18(16)21(27)24(20(17)26)15-9-11-23(12-10-15)13-14-5-2-1-3-6-14/h1-8,15H,9-13H2,(H2,22,25). The van der Waals surface area contributed by atoms with Crippen molar-refractivity contribution in [3.8, 4) is 0 Å². The van der Waals surface area contributed by atoms with E-state index >= 15 is 0 Å². The first-order valence-electron chi connectivity index (χ1n) is 9.13. The van der Waals surface area contributed by atoms with Crippen molar-refractivity contribution in [2.45, 2.75) is 25.4 Å². The molecule has 0 atom stereocenters. The number of rotatable bonds is 4. The number of fused-ring (bicyclic) bond motifs is 1. The monoisotopic (exact) mass is 363 g/mol. The lowest BCUT2D eigenvalue weighted by Gasteiger charge is -2.35. The summed E-state index contributed by atoms with van der Waals surface area (Å²) < 4.78 is 0. The van der Waals surface area contributed by atoms with Crippen LogP contribution in [0.3, 0.4) is 0 Å². The molecule has 2 aliphatic heterocycles. The van der Waals surface area contributed by atoms with Crippen molar-refractivity contribution in [3.63, 3.8) is 0 Å². The lowest BCUT2D eigenvalue weighted by Crippen LogP contribution is -2.47. The third-order valence-corrected chi connectivity index (χ3v) is 5.38. The molecule has 0 aromatic heterocycles. The van der Waals surface area contributed by atoms with E-state index in [0.29, 0.717) is 0 Å². The minimum absolute atomic E-state index is 0.120. The fourth-order valence-corrected chi connectivity index (χ4v) is 4.02. The van der Waals surface area contributed by atoms with E-state index < -0.39 is 11.8 Å². The molecule has 0 aliphatic carbocycles. The van der Waals surface area contributed by atoms with Gasteiger partial charge in [0, 0.05) is 25.7 Å². The van der Waals surface area contributed by atoms with E-state index in [1.165, 1.54) is 16.5 Å². The second-order valence-electron chi connectivity index (χ2n) is 7.07. The molecule has 3 amide bonds. The van der Waals surface area contributed by atoms with Crippen LogP contribution >= 0.6 is 0 Å². The molecule has 2 aliphatic rings. The Balaban J connectivity index is 1.48. The molecule has 138 valence electrons. The van der Waals surface area contributed by atoms with Gasteiger partial charge in [-0.25, -0.2) is 0 Å². The summed E-state index contributed by atoms with van der Waals surface area (Å²) in [6.45, 7) is 2.49. The van der Waals surface area contributed by atoms with Crippen LogP contribution in [0.4, 0.5) is 0 Å². The topological polar surface area (TPSA) is 83.7 Å². The summed E-state index contributed by atoms with van der Waals surface area (Å²) >= 11 is 0. The summed E-state index contributed by atoms with van der Waals surface area (Å²) in [5, 5.41) is 0. The van der Waals surface area contributed by atoms with E-state index in [9.17, 15) is 14.4 Å². The first kappa shape index (κ1) is 17.4. The van der Waals surface area contributed by atoms with Gasteiger partial charge in [-0.05, 0) is 30.5 Å². The number of piperidine rings is 1. The minimum Gasteiger partial charge on any atom is -0.366 e. The number of carbonyl (C=O) groups is 3. The molecule has 6 heteroatoms. The second-order valence-corrected chi connectivity index (χ2v) is 7.07. The zero-order chi connectivity index (χ0) is 19.0. The van der Waals surface area contributed by atoms with Crippen LogP contribution in [0, 0.1) is 0 Å². The number of hydrogen-bond donors (Lipinski definition) is 1. The van der Waals surface area contributed by atoms with Crippen molar-refractivity contribution in [2.75, 3.05) is 13.1 Å². The Kier molecular flexibility index (Phi) is 4.49. The number of imide groups is 1. The summed E-state index contributed by atoms with van der Waals surface area (Å²) in [4.78, 5) is 41.0. The Morgan fingerprint density at radius 3 is 2.33 bits per heavy atom. The molecule has 0 unspecified atom stereocenters. The van der Waals surface area contributed by atoms with Crippen LogP contribution in [-0.2, 0) is 6.54 Å². The van der Waals surface area contributed by atoms with Crippen LogP contribution in [0.15, 0.2) is 48.5 Å². The molecular formula is C21H21N3O3. The fourth-order valence-electron chi connectivity index (χ4n) is 4.02. The Bertz CT molecular complexity index is 902. The van der Waals surface area contributed by atoms with Gasteiger partial charge in [-0.1, -0.05) is 36.4 Å². The van der Waals surface area contributed by atoms with Crippen LogP contribution in [0.1, 0.15) is 49.5 Å². The predicted molar refractivity (Wildman–Crippen MR) is 100 cm³/mol. The number of hydrogen-bond acceptors (Lipinski definition) is 4. The summed E-state index contributed by atoms with van der Waals surface area (Å²) in [6, 6.07) is 14.8. The molecule has 1 saturated heterocycles. The smallest absolute Gasteiger partial charge is 0.262 e. The molecule has 2 N–H and O–H groups in total.